The Labute approximate surface area is 120 Å². The van der Waals surface area contributed by atoms with Crippen LogP contribution < -0.4 is 5.32 Å². The van der Waals surface area contributed by atoms with Crippen molar-refractivity contribution in [1.82, 2.24) is 10.2 Å². The zero-order valence-corrected chi connectivity index (χ0v) is 13.5. The lowest BCUT2D eigenvalue weighted by molar-refractivity contribution is 0.0820. The molecule has 1 N–H and O–H groups in total. The molecule has 19 heavy (non-hydrogen) atoms. The second-order valence-electron chi connectivity index (χ2n) is 7.44. The summed E-state index contributed by atoms with van der Waals surface area (Å²) in [6.45, 7) is 10.9. The van der Waals surface area contributed by atoms with Gasteiger partial charge in [0.2, 0.25) is 0 Å². The van der Waals surface area contributed by atoms with Crippen LogP contribution in [-0.2, 0) is 0 Å². The largest absolute Gasteiger partial charge is 0.316 e. The van der Waals surface area contributed by atoms with Crippen molar-refractivity contribution in [2.24, 2.45) is 17.3 Å². The van der Waals surface area contributed by atoms with Crippen molar-refractivity contribution in [3.63, 3.8) is 0 Å². The van der Waals surface area contributed by atoms with E-state index in [2.05, 4.69) is 38.0 Å². The van der Waals surface area contributed by atoms with Gasteiger partial charge in [0.1, 0.15) is 0 Å². The molecule has 0 aromatic rings. The van der Waals surface area contributed by atoms with Crippen molar-refractivity contribution < 1.29 is 0 Å². The van der Waals surface area contributed by atoms with E-state index in [9.17, 15) is 0 Å². The molecule has 0 spiro atoms. The van der Waals surface area contributed by atoms with Crippen LogP contribution in [0.25, 0.3) is 0 Å². The first-order valence-electron chi connectivity index (χ1n) is 8.48. The van der Waals surface area contributed by atoms with Gasteiger partial charge in [0.05, 0.1) is 0 Å². The first-order valence-corrected chi connectivity index (χ1v) is 8.48. The van der Waals surface area contributed by atoms with E-state index in [-0.39, 0.29) is 0 Å². The number of nitrogens with zero attached hydrogens (tertiary/aromatic N) is 1. The maximum atomic E-state index is 3.59. The van der Waals surface area contributed by atoms with Crippen molar-refractivity contribution in [2.75, 3.05) is 26.7 Å². The summed E-state index contributed by atoms with van der Waals surface area (Å²) < 4.78 is 0. The highest BCUT2D eigenvalue weighted by Crippen LogP contribution is 2.37. The van der Waals surface area contributed by atoms with Gasteiger partial charge in [-0.3, -0.25) is 0 Å². The molecule has 1 saturated heterocycles. The Balaban J connectivity index is 1.88. The molecule has 0 radical (unpaired) electrons. The van der Waals surface area contributed by atoms with E-state index in [1.54, 1.807) is 0 Å². The molecule has 0 bridgehead atoms. The van der Waals surface area contributed by atoms with E-state index in [1.165, 1.54) is 58.2 Å². The summed E-state index contributed by atoms with van der Waals surface area (Å²) in [4.78, 5) is 2.69. The van der Waals surface area contributed by atoms with Crippen molar-refractivity contribution in [3.05, 3.63) is 0 Å². The van der Waals surface area contributed by atoms with Gasteiger partial charge in [-0.15, -0.1) is 0 Å². The van der Waals surface area contributed by atoms with Gasteiger partial charge in [-0.25, -0.2) is 0 Å². The zero-order chi connectivity index (χ0) is 13.9. The van der Waals surface area contributed by atoms with Gasteiger partial charge in [0.15, 0.2) is 0 Å². The summed E-state index contributed by atoms with van der Waals surface area (Å²) >= 11 is 0. The highest BCUT2D eigenvalue weighted by Gasteiger charge is 2.39. The summed E-state index contributed by atoms with van der Waals surface area (Å²) in [5.74, 6) is 1.80. The molecule has 0 aromatic heterocycles. The first kappa shape index (κ1) is 15.3. The molecule has 2 rings (SSSR count). The molecule has 0 amide bonds. The predicted molar refractivity (Wildman–Crippen MR) is 83.4 cm³/mol. The summed E-state index contributed by atoms with van der Waals surface area (Å²) in [5, 5.41) is 3.59. The van der Waals surface area contributed by atoms with E-state index in [0.29, 0.717) is 5.41 Å². The van der Waals surface area contributed by atoms with Crippen molar-refractivity contribution >= 4 is 0 Å². The zero-order valence-electron chi connectivity index (χ0n) is 13.5. The number of hydrogen-bond donors (Lipinski definition) is 1. The van der Waals surface area contributed by atoms with Gasteiger partial charge in [-0.05, 0) is 62.9 Å². The summed E-state index contributed by atoms with van der Waals surface area (Å²) in [6.07, 6.45) is 8.51. The average Bonchev–Trinajstić information content (AvgIpc) is 2.88. The van der Waals surface area contributed by atoms with Crippen molar-refractivity contribution in [2.45, 2.75) is 65.3 Å². The molecule has 0 aromatic carbocycles. The Morgan fingerprint density at radius 2 is 1.89 bits per heavy atom. The van der Waals surface area contributed by atoms with Crippen molar-refractivity contribution in [3.8, 4) is 0 Å². The molecule has 1 unspecified atom stereocenters. The third kappa shape index (κ3) is 3.52. The quantitative estimate of drug-likeness (QED) is 0.819. The van der Waals surface area contributed by atoms with Crippen LogP contribution in [0.1, 0.15) is 59.3 Å². The minimum absolute atomic E-state index is 0.524. The summed E-state index contributed by atoms with van der Waals surface area (Å²) in [7, 11) is 2.37. The molecular weight excluding hydrogens is 232 g/mol. The minimum Gasteiger partial charge on any atom is -0.316 e. The van der Waals surface area contributed by atoms with Crippen LogP contribution >= 0.6 is 0 Å². The maximum absolute atomic E-state index is 3.59. The Morgan fingerprint density at radius 1 is 1.21 bits per heavy atom. The Morgan fingerprint density at radius 3 is 2.37 bits per heavy atom. The second-order valence-corrected chi connectivity index (χ2v) is 7.44. The SMILES string of the molecule is CCC1CCC(N(C)CC2(C(C)C)CCNC2)CC1. The lowest BCUT2D eigenvalue weighted by Crippen LogP contribution is -2.46. The van der Waals surface area contributed by atoms with E-state index in [4.69, 9.17) is 0 Å². The van der Waals surface area contributed by atoms with Gasteiger partial charge in [0, 0.05) is 19.1 Å². The fourth-order valence-corrected chi connectivity index (χ4v) is 4.19. The van der Waals surface area contributed by atoms with E-state index in [0.717, 1.165) is 17.9 Å². The van der Waals surface area contributed by atoms with Crippen LogP contribution in [0.4, 0.5) is 0 Å². The molecule has 112 valence electrons. The third-order valence-electron chi connectivity index (χ3n) is 6.08. The van der Waals surface area contributed by atoms with Crippen LogP contribution in [0.5, 0.6) is 0 Å². The first-order chi connectivity index (χ1) is 9.07. The van der Waals surface area contributed by atoms with Crippen LogP contribution in [0.2, 0.25) is 0 Å². The minimum atomic E-state index is 0.524. The molecule has 2 fully saturated rings. The fourth-order valence-electron chi connectivity index (χ4n) is 4.19. The van der Waals surface area contributed by atoms with Crippen LogP contribution in [0.15, 0.2) is 0 Å². The van der Waals surface area contributed by atoms with E-state index < -0.39 is 0 Å². The average molecular weight is 266 g/mol. The van der Waals surface area contributed by atoms with Crippen molar-refractivity contribution in [1.29, 1.82) is 0 Å². The highest BCUT2D eigenvalue weighted by atomic mass is 15.1. The van der Waals surface area contributed by atoms with Gasteiger partial charge < -0.3 is 10.2 Å². The van der Waals surface area contributed by atoms with E-state index in [1.807, 2.05) is 0 Å². The molecule has 1 saturated carbocycles. The fraction of sp³-hybridized carbons (Fsp3) is 1.00. The molecule has 2 aliphatic rings. The topological polar surface area (TPSA) is 15.3 Å². The summed E-state index contributed by atoms with van der Waals surface area (Å²) in [5.41, 5.74) is 0.524. The smallest absolute Gasteiger partial charge is 0.00926 e. The Bertz CT molecular complexity index is 260. The Kier molecular flexibility index (Phi) is 5.30. The van der Waals surface area contributed by atoms with Crippen LogP contribution in [0.3, 0.4) is 0 Å². The van der Waals surface area contributed by atoms with Crippen LogP contribution in [0, 0.1) is 17.3 Å². The third-order valence-corrected chi connectivity index (χ3v) is 6.08. The van der Waals surface area contributed by atoms with E-state index >= 15 is 0 Å². The van der Waals surface area contributed by atoms with Gasteiger partial charge in [-0.1, -0.05) is 27.2 Å². The molecule has 2 heteroatoms. The second kappa shape index (κ2) is 6.58. The normalized spacial score (nSPS) is 36.3. The number of rotatable bonds is 5. The van der Waals surface area contributed by atoms with Gasteiger partial charge >= 0.3 is 0 Å². The van der Waals surface area contributed by atoms with Crippen LogP contribution in [-0.4, -0.2) is 37.6 Å². The molecule has 1 heterocycles. The highest BCUT2D eigenvalue weighted by molar-refractivity contribution is 4.93. The van der Waals surface area contributed by atoms with Gasteiger partial charge in [-0.2, -0.15) is 0 Å². The lowest BCUT2D eigenvalue weighted by atomic mass is 9.75. The molecule has 1 aliphatic heterocycles. The summed E-state index contributed by atoms with van der Waals surface area (Å²) in [6, 6.07) is 0.846. The Hall–Kier alpha value is -0.0800. The maximum Gasteiger partial charge on any atom is 0.00926 e. The van der Waals surface area contributed by atoms with Gasteiger partial charge in [0.25, 0.3) is 0 Å². The number of hydrogen-bond acceptors (Lipinski definition) is 2. The standard InChI is InChI=1S/C17H34N2/c1-5-15-6-8-16(9-7-15)19(4)13-17(14(2)3)10-11-18-12-17/h14-16,18H,5-13H2,1-4H3. The molecule has 2 nitrogen and oxygen atoms in total. The molecule has 1 aliphatic carbocycles. The predicted octanol–water partition coefficient (Wildman–Crippen LogP) is 3.52. The monoisotopic (exact) mass is 266 g/mol. The molecule has 1 atom stereocenters. The molecular formula is C17H34N2. The lowest BCUT2D eigenvalue weighted by Gasteiger charge is -2.41. The number of nitrogens with one attached hydrogen (secondary N) is 1.